The molecule has 0 radical (unpaired) electrons. The molecule has 1 fully saturated rings. The van der Waals surface area contributed by atoms with Gasteiger partial charge in [-0.2, -0.15) is 0 Å². The molecular formula is C17H15NNa2O8S3. The number of benzene rings is 2. The summed E-state index contributed by atoms with van der Waals surface area (Å²) in [6, 6.07) is 8.67. The fraction of sp³-hybridized carbons (Fsp3) is 0.176. The maximum absolute atomic E-state index is 12.0. The summed E-state index contributed by atoms with van der Waals surface area (Å²) in [4.78, 5) is -1.19. The molecule has 14 heteroatoms. The van der Waals surface area contributed by atoms with Gasteiger partial charge in [-0.05, 0) is 42.2 Å². The van der Waals surface area contributed by atoms with Crippen LogP contribution in [0.15, 0.2) is 52.3 Å². The van der Waals surface area contributed by atoms with Crippen LogP contribution in [0.25, 0.3) is 12.2 Å². The third-order valence-corrected chi connectivity index (χ3v) is 7.81. The van der Waals surface area contributed by atoms with Gasteiger partial charge in [-0.1, -0.05) is 36.4 Å². The van der Waals surface area contributed by atoms with Gasteiger partial charge in [-0.15, -0.1) is 0 Å². The SMILES string of the molecule is O=S(=O)([O-])c1ccccc1/C=C/c1ccc(NS(=O)(=O)C2CC2)cc1S(=O)(=O)[O-].[Na+].[Na+]. The second kappa shape index (κ2) is 10.8. The molecule has 3 rings (SSSR count). The summed E-state index contributed by atoms with van der Waals surface area (Å²) >= 11 is 0. The Bertz CT molecular complexity index is 1300. The van der Waals surface area contributed by atoms with Crippen LogP contribution in [0, 0.1) is 0 Å². The van der Waals surface area contributed by atoms with Crippen LogP contribution in [0.3, 0.4) is 0 Å². The smallest absolute Gasteiger partial charge is 0.744 e. The molecule has 0 aromatic heterocycles. The summed E-state index contributed by atoms with van der Waals surface area (Å²) in [7, 11) is -13.4. The Morgan fingerprint density at radius 2 is 1.29 bits per heavy atom. The number of rotatable bonds is 7. The predicted octanol–water partition coefficient (Wildman–Crippen LogP) is -4.42. The minimum atomic E-state index is -4.98. The van der Waals surface area contributed by atoms with Crippen molar-refractivity contribution in [1.29, 1.82) is 0 Å². The van der Waals surface area contributed by atoms with Gasteiger partial charge in [0.2, 0.25) is 10.0 Å². The summed E-state index contributed by atoms with van der Waals surface area (Å²) in [6.45, 7) is 0. The molecule has 0 unspecified atom stereocenters. The van der Waals surface area contributed by atoms with E-state index in [9.17, 15) is 34.4 Å². The minimum Gasteiger partial charge on any atom is -0.744 e. The number of nitrogens with one attached hydrogen (secondary N) is 1. The molecule has 0 bridgehead atoms. The Labute approximate surface area is 225 Å². The molecule has 0 atom stereocenters. The quantitative estimate of drug-likeness (QED) is 0.225. The maximum Gasteiger partial charge on any atom is 1.00 e. The van der Waals surface area contributed by atoms with E-state index in [0.29, 0.717) is 12.8 Å². The first kappa shape index (κ1) is 28.8. The Morgan fingerprint density at radius 1 is 0.774 bits per heavy atom. The fourth-order valence-corrected chi connectivity index (χ4v) is 5.35. The van der Waals surface area contributed by atoms with Crippen molar-refractivity contribution < 1.29 is 93.5 Å². The van der Waals surface area contributed by atoms with Gasteiger partial charge in [0, 0.05) is 5.69 Å². The van der Waals surface area contributed by atoms with E-state index >= 15 is 0 Å². The number of anilines is 1. The third kappa shape index (κ3) is 7.64. The summed E-state index contributed by atoms with van der Waals surface area (Å²) in [5.74, 6) is 0. The van der Waals surface area contributed by atoms with Crippen molar-refractivity contribution in [3.63, 3.8) is 0 Å². The van der Waals surface area contributed by atoms with E-state index in [1.807, 2.05) is 0 Å². The minimum absolute atomic E-state index is 0. The van der Waals surface area contributed by atoms with Crippen molar-refractivity contribution in [2.24, 2.45) is 0 Å². The number of sulfonamides is 1. The zero-order valence-electron chi connectivity index (χ0n) is 16.7. The number of hydrogen-bond acceptors (Lipinski definition) is 8. The maximum atomic E-state index is 12.0. The second-order valence-electron chi connectivity index (χ2n) is 6.38. The van der Waals surface area contributed by atoms with Gasteiger partial charge in [0.15, 0.2) is 0 Å². The van der Waals surface area contributed by atoms with Crippen LogP contribution < -0.4 is 63.8 Å². The van der Waals surface area contributed by atoms with Gasteiger partial charge in [-0.3, -0.25) is 4.72 Å². The molecule has 31 heavy (non-hydrogen) atoms. The van der Waals surface area contributed by atoms with Crippen LogP contribution in [0.5, 0.6) is 0 Å². The van der Waals surface area contributed by atoms with Crippen molar-refractivity contribution >= 4 is 48.1 Å². The van der Waals surface area contributed by atoms with E-state index < -0.39 is 45.3 Å². The molecule has 156 valence electrons. The van der Waals surface area contributed by atoms with Gasteiger partial charge in [0.25, 0.3) is 0 Å². The fourth-order valence-electron chi connectivity index (χ4n) is 2.60. The average Bonchev–Trinajstić information content (AvgIpc) is 3.44. The van der Waals surface area contributed by atoms with Crippen LogP contribution >= 0.6 is 0 Å². The Kier molecular flexibility index (Phi) is 10.0. The van der Waals surface area contributed by atoms with Crippen molar-refractivity contribution in [3.8, 4) is 0 Å². The topological polar surface area (TPSA) is 161 Å². The van der Waals surface area contributed by atoms with E-state index in [1.54, 1.807) is 0 Å². The molecule has 1 aliphatic carbocycles. The van der Waals surface area contributed by atoms with Crippen LogP contribution in [0.1, 0.15) is 24.0 Å². The first-order valence-corrected chi connectivity index (χ1v) is 12.6. The first-order chi connectivity index (χ1) is 13.4. The largest absolute Gasteiger partial charge is 1.00 e. The normalized spacial score (nSPS) is 14.5. The van der Waals surface area contributed by atoms with E-state index in [0.717, 1.165) is 18.2 Å². The van der Waals surface area contributed by atoms with Crippen LogP contribution in [0.4, 0.5) is 5.69 Å². The average molecular weight is 503 g/mol. The molecule has 0 heterocycles. The van der Waals surface area contributed by atoms with Gasteiger partial charge in [0.05, 0.1) is 15.0 Å². The van der Waals surface area contributed by atoms with Crippen molar-refractivity contribution in [3.05, 3.63) is 53.6 Å². The van der Waals surface area contributed by atoms with E-state index in [-0.39, 0.29) is 75.9 Å². The third-order valence-electron chi connectivity index (χ3n) is 4.14. The molecular weight excluding hydrogens is 488 g/mol. The van der Waals surface area contributed by atoms with Gasteiger partial charge < -0.3 is 9.11 Å². The van der Waals surface area contributed by atoms with Crippen LogP contribution in [0.2, 0.25) is 0 Å². The van der Waals surface area contributed by atoms with Gasteiger partial charge >= 0.3 is 59.1 Å². The summed E-state index contributed by atoms with van der Waals surface area (Å²) in [6.07, 6.45) is 3.35. The summed E-state index contributed by atoms with van der Waals surface area (Å²) in [5.41, 5.74) is -0.159. The summed E-state index contributed by atoms with van der Waals surface area (Å²) in [5, 5.41) is -0.542. The van der Waals surface area contributed by atoms with Gasteiger partial charge in [0.1, 0.15) is 20.2 Å². The molecule has 0 spiro atoms. The van der Waals surface area contributed by atoms with Crippen molar-refractivity contribution in [2.45, 2.75) is 27.9 Å². The molecule has 1 saturated carbocycles. The Morgan fingerprint density at radius 3 is 1.81 bits per heavy atom. The van der Waals surface area contributed by atoms with E-state index in [1.165, 1.54) is 36.4 Å². The standard InChI is InChI=1S/C17H17NO8S3.2Na/c19-27(20,15-9-10-15)18-14-8-7-13(17(11-14)29(24,25)26)6-5-12-3-1-2-4-16(12)28(21,22)23;;/h1-8,11,15,18H,9-10H2,(H,21,22,23)(H,24,25,26);;/q;2*+1/p-2/b6-5+;;. The van der Waals surface area contributed by atoms with Crippen molar-refractivity contribution in [2.75, 3.05) is 4.72 Å². The Balaban J connectivity index is 0.00000240. The molecule has 2 aromatic rings. The van der Waals surface area contributed by atoms with E-state index in [4.69, 9.17) is 0 Å². The molecule has 0 amide bonds. The molecule has 1 N–H and O–H groups in total. The monoisotopic (exact) mass is 503 g/mol. The van der Waals surface area contributed by atoms with Crippen LogP contribution in [-0.2, 0) is 30.3 Å². The first-order valence-electron chi connectivity index (χ1n) is 8.22. The zero-order valence-corrected chi connectivity index (χ0v) is 23.1. The molecule has 0 saturated heterocycles. The summed E-state index contributed by atoms with van der Waals surface area (Å²) < 4.78 is 95.2. The number of hydrogen-bond donors (Lipinski definition) is 1. The molecule has 2 aromatic carbocycles. The van der Waals surface area contributed by atoms with Gasteiger partial charge in [-0.25, -0.2) is 25.3 Å². The molecule has 9 nitrogen and oxygen atoms in total. The van der Waals surface area contributed by atoms with E-state index in [2.05, 4.69) is 4.72 Å². The zero-order chi connectivity index (χ0) is 21.4. The second-order valence-corrected chi connectivity index (χ2v) is 11.0. The Hall–Kier alpha value is -0.250. The molecule has 0 aliphatic heterocycles. The van der Waals surface area contributed by atoms with Crippen molar-refractivity contribution in [1.82, 2.24) is 0 Å². The molecule has 1 aliphatic rings. The predicted molar refractivity (Wildman–Crippen MR) is 103 cm³/mol. The van der Waals surface area contributed by atoms with Crippen LogP contribution in [-0.4, -0.2) is 39.6 Å².